The molecule has 0 aliphatic rings. The Morgan fingerprint density at radius 1 is 0.862 bits per heavy atom. The van der Waals surface area contributed by atoms with E-state index in [9.17, 15) is 14.4 Å². The maximum atomic E-state index is 12.0. The third kappa shape index (κ3) is 14.8. The summed E-state index contributed by atoms with van der Waals surface area (Å²) in [5, 5.41) is 11.6. The molecular weight excluding hydrogens is 374 g/mol. The second-order valence-electron chi connectivity index (χ2n) is 8.80. The Morgan fingerprint density at radius 2 is 1.48 bits per heavy atom. The van der Waals surface area contributed by atoms with Crippen LogP contribution in [0.4, 0.5) is 4.79 Å². The van der Waals surface area contributed by atoms with Crippen LogP contribution in [0.25, 0.3) is 0 Å². The molecule has 0 spiro atoms. The SMILES string of the molecule is CC(C)CCC[C@@H](CCCNC(=O)O[C@@H](OC(=O)C(C)C)C(C)C)CCC(=O)O. The first-order valence-electron chi connectivity index (χ1n) is 10.9. The third-order valence-electron chi connectivity index (χ3n) is 4.69. The number of rotatable bonds is 15. The van der Waals surface area contributed by atoms with Crippen molar-refractivity contribution in [2.24, 2.45) is 23.7 Å². The molecule has 0 bridgehead atoms. The van der Waals surface area contributed by atoms with Gasteiger partial charge in [-0.1, -0.05) is 60.8 Å². The Balaban J connectivity index is 4.32. The summed E-state index contributed by atoms with van der Waals surface area (Å²) >= 11 is 0. The maximum absolute atomic E-state index is 12.0. The van der Waals surface area contributed by atoms with Gasteiger partial charge in [-0.05, 0) is 31.1 Å². The summed E-state index contributed by atoms with van der Waals surface area (Å²) in [6.45, 7) is 11.9. The lowest BCUT2D eigenvalue weighted by atomic mass is 9.90. The second kappa shape index (κ2) is 15.1. The molecule has 170 valence electrons. The van der Waals surface area contributed by atoms with Gasteiger partial charge in [-0.25, -0.2) is 4.79 Å². The van der Waals surface area contributed by atoms with E-state index in [1.165, 1.54) is 0 Å². The highest BCUT2D eigenvalue weighted by molar-refractivity contribution is 5.72. The average molecular weight is 416 g/mol. The lowest BCUT2D eigenvalue weighted by Crippen LogP contribution is -2.35. The fraction of sp³-hybridized carbons (Fsp3) is 0.864. The lowest BCUT2D eigenvalue weighted by molar-refractivity contribution is -0.178. The molecule has 29 heavy (non-hydrogen) atoms. The minimum Gasteiger partial charge on any atom is -0.481 e. The van der Waals surface area contributed by atoms with Gasteiger partial charge in [-0.15, -0.1) is 0 Å². The molecule has 0 unspecified atom stereocenters. The molecule has 0 aromatic rings. The molecule has 2 N–H and O–H groups in total. The van der Waals surface area contributed by atoms with Crippen molar-refractivity contribution in [1.82, 2.24) is 5.32 Å². The summed E-state index contributed by atoms with van der Waals surface area (Å²) in [5.41, 5.74) is 0. The second-order valence-corrected chi connectivity index (χ2v) is 8.80. The van der Waals surface area contributed by atoms with Gasteiger partial charge in [0.15, 0.2) is 0 Å². The highest BCUT2D eigenvalue weighted by Crippen LogP contribution is 2.22. The molecule has 1 amide bonds. The molecular formula is C22H41NO6. The Kier molecular flexibility index (Phi) is 14.2. The molecule has 0 aliphatic heterocycles. The number of carboxylic acid groups (broad SMARTS) is 1. The van der Waals surface area contributed by atoms with Crippen LogP contribution in [0.2, 0.25) is 0 Å². The van der Waals surface area contributed by atoms with Crippen LogP contribution in [0.5, 0.6) is 0 Å². The van der Waals surface area contributed by atoms with Crippen LogP contribution in [0.15, 0.2) is 0 Å². The number of ether oxygens (including phenoxy) is 2. The van der Waals surface area contributed by atoms with Crippen LogP contribution in [-0.2, 0) is 19.1 Å². The standard InChI is InChI=1S/C22H41NO6/c1-15(2)9-7-10-18(12-13-19(24)25)11-8-14-23-22(27)29-21(17(5)6)28-20(26)16(3)4/h15-18,21H,7-14H2,1-6H3,(H,23,27)(H,24,25)/t18-,21+/m0/s1. The predicted octanol–water partition coefficient (Wildman–Crippen LogP) is 4.98. The van der Waals surface area contributed by atoms with Gasteiger partial charge in [0.2, 0.25) is 0 Å². The molecule has 0 aromatic carbocycles. The number of hydrogen-bond donors (Lipinski definition) is 2. The predicted molar refractivity (Wildman–Crippen MR) is 112 cm³/mol. The molecule has 7 nitrogen and oxygen atoms in total. The topological polar surface area (TPSA) is 102 Å². The van der Waals surface area contributed by atoms with E-state index in [2.05, 4.69) is 19.2 Å². The molecule has 7 heteroatoms. The van der Waals surface area contributed by atoms with Crippen molar-refractivity contribution < 1.29 is 29.0 Å². The van der Waals surface area contributed by atoms with Crippen molar-refractivity contribution in [2.75, 3.05) is 6.54 Å². The molecule has 0 aliphatic carbocycles. The number of nitrogens with one attached hydrogen (secondary N) is 1. The smallest absolute Gasteiger partial charge is 0.410 e. The molecule has 0 saturated heterocycles. The van der Waals surface area contributed by atoms with Crippen molar-refractivity contribution in [3.63, 3.8) is 0 Å². The van der Waals surface area contributed by atoms with Crippen LogP contribution >= 0.6 is 0 Å². The minimum atomic E-state index is -0.913. The quantitative estimate of drug-likeness (QED) is 0.222. The highest BCUT2D eigenvalue weighted by Gasteiger charge is 2.24. The number of alkyl carbamates (subject to hydrolysis) is 1. The Bertz CT molecular complexity index is 490. The number of esters is 1. The molecule has 0 heterocycles. The molecule has 0 rings (SSSR count). The summed E-state index contributed by atoms with van der Waals surface area (Å²) in [6, 6.07) is 0. The molecule has 0 radical (unpaired) electrons. The minimum absolute atomic E-state index is 0.148. The van der Waals surface area contributed by atoms with E-state index in [-0.39, 0.29) is 18.3 Å². The van der Waals surface area contributed by atoms with Gasteiger partial charge in [-0.3, -0.25) is 9.59 Å². The van der Waals surface area contributed by atoms with Crippen molar-refractivity contribution in [2.45, 2.75) is 92.8 Å². The fourth-order valence-electron chi connectivity index (χ4n) is 2.85. The monoisotopic (exact) mass is 415 g/mol. The molecule has 0 fully saturated rings. The number of aliphatic carboxylic acids is 1. The van der Waals surface area contributed by atoms with E-state index in [0.717, 1.165) is 32.1 Å². The Morgan fingerprint density at radius 3 is 2.00 bits per heavy atom. The van der Waals surface area contributed by atoms with Crippen molar-refractivity contribution in [3.8, 4) is 0 Å². The number of hydrogen-bond acceptors (Lipinski definition) is 5. The lowest BCUT2D eigenvalue weighted by Gasteiger charge is -2.22. The number of carboxylic acids is 1. The van der Waals surface area contributed by atoms with E-state index in [1.807, 2.05) is 13.8 Å². The van der Waals surface area contributed by atoms with Crippen LogP contribution in [0.1, 0.15) is 86.5 Å². The molecule has 0 saturated carbocycles. The zero-order chi connectivity index (χ0) is 22.4. The van der Waals surface area contributed by atoms with Crippen LogP contribution in [0, 0.1) is 23.7 Å². The van der Waals surface area contributed by atoms with Crippen LogP contribution < -0.4 is 5.32 Å². The Hall–Kier alpha value is -1.79. The zero-order valence-electron chi connectivity index (χ0n) is 19.0. The summed E-state index contributed by atoms with van der Waals surface area (Å²) in [7, 11) is 0. The average Bonchev–Trinajstić information content (AvgIpc) is 2.61. The van der Waals surface area contributed by atoms with E-state index < -0.39 is 24.3 Å². The first-order valence-corrected chi connectivity index (χ1v) is 10.9. The normalized spacial score (nSPS) is 13.4. The van der Waals surface area contributed by atoms with Gasteiger partial charge in [0.05, 0.1) is 5.92 Å². The fourth-order valence-corrected chi connectivity index (χ4v) is 2.85. The molecule has 2 atom stereocenters. The van der Waals surface area contributed by atoms with Crippen molar-refractivity contribution in [3.05, 3.63) is 0 Å². The van der Waals surface area contributed by atoms with Gasteiger partial charge >= 0.3 is 18.0 Å². The van der Waals surface area contributed by atoms with E-state index in [4.69, 9.17) is 14.6 Å². The highest BCUT2D eigenvalue weighted by atomic mass is 16.7. The summed E-state index contributed by atoms with van der Waals surface area (Å²) in [5.74, 6) is -0.620. The zero-order valence-corrected chi connectivity index (χ0v) is 19.0. The van der Waals surface area contributed by atoms with Crippen molar-refractivity contribution in [1.29, 1.82) is 0 Å². The van der Waals surface area contributed by atoms with Gasteiger partial charge < -0.3 is 19.9 Å². The van der Waals surface area contributed by atoms with Crippen LogP contribution in [-0.4, -0.2) is 36.0 Å². The van der Waals surface area contributed by atoms with E-state index >= 15 is 0 Å². The number of carbonyl (C=O) groups is 3. The van der Waals surface area contributed by atoms with Gasteiger partial charge in [0.1, 0.15) is 0 Å². The Labute approximate surface area is 175 Å². The largest absolute Gasteiger partial charge is 0.481 e. The first-order chi connectivity index (χ1) is 13.5. The first kappa shape index (κ1) is 27.2. The van der Waals surface area contributed by atoms with Gasteiger partial charge in [-0.2, -0.15) is 0 Å². The summed E-state index contributed by atoms with van der Waals surface area (Å²) in [4.78, 5) is 34.6. The van der Waals surface area contributed by atoms with Gasteiger partial charge in [0, 0.05) is 18.9 Å². The molecule has 0 aromatic heterocycles. The summed E-state index contributed by atoms with van der Waals surface area (Å²) < 4.78 is 10.5. The summed E-state index contributed by atoms with van der Waals surface area (Å²) in [6.07, 6.45) is 4.18. The van der Waals surface area contributed by atoms with Crippen molar-refractivity contribution >= 4 is 18.0 Å². The van der Waals surface area contributed by atoms with E-state index in [1.54, 1.807) is 13.8 Å². The maximum Gasteiger partial charge on any atom is 0.410 e. The third-order valence-corrected chi connectivity index (χ3v) is 4.69. The number of amides is 1. The van der Waals surface area contributed by atoms with E-state index in [0.29, 0.717) is 24.8 Å². The number of carbonyl (C=O) groups excluding carboxylic acids is 2. The van der Waals surface area contributed by atoms with Gasteiger partial charge in [0.25, 0.3) is 6.29 Å². The van der Waals surface area contributed by atoms with Crippen LogP contribution in [0.3, 0.4) is 0 Å².